The van der Waals surface area contributed by atoms with Crippen molar-refractivity contribution in [3.8, 4) is 0 Å². The molecule has 1 unspecified atom stereocenters. The second-order valence-electron chi connectivity index (χ2n) is 5.81. The molecule has 0 saturated carbocycles. The summed E-state index contributed by atoms with van der Waals surface area (Å²) < 4.78 is 0. The van der Waals surface area contributed by atoms with Crippen molar-refractivity contribution >= 4 is 0 Å². The number of rotatable bonds is 3. The van der Waals surface area contributed by atoms with Gasteiger partial charge in [-0.05, 0) is 36.4 Å². The van der Waals surface area contributed by atoms with E-state index >= 15 is 0 Å². The summed E-state index contributed by atoms with van der Waals surface area (Å²) in [5, 5.41) is 6.93. The predicted molar refractivity (Wildman–Crippen MR) is 79.4 cm³/mol. The Morgan fingerprint density at radius 2 is 2.00 bits per heavy atom. The molecule has 0 radical (unpaired) electrons. The smallest absolute Gasteiger partial charge is 0.0234 e. The molecule has 2 aliphatic heterocycles. The number of nitrogens with one attached hydrogen (secondary N) is 2. The van der Waals surface area contributed by atoms with Crippen molar-refractivity contribution < 1.29 is 0 Å². The van der Waals surface area contributed by atoms with Crippen LogP contribution >= 0.6 is 0 Å². The normalized spacial score (nSPS) is 25.4. The summed E-state index contributed by atoms with van der Waals surface area (Å²) in [6, 6.07) is 9.25. The molecule has 2 fully saturated rings. The van der Waals surface area contributed by atoms with Crippen molar-refractivity contribution in [3.05, 3.63) is 35.4 Å². The van der Waals surface area contributed by atoms with E-state index in [1.165, 1.54) is 43.6 Å². The van der Waals surface area contributed by atoms with Crippen LogP contribution in [0.25, 0.3) is 0 Å². The highest BCUT2D eigenvalue weighted by Crippen LogP contribution is 2.24. The van der Waals surface area contributed by atoms with Crippen molar-refractivity contribution in [3.63, 3.8) is 0 Å². The first-order valence-electron chi connectivity index (χ1n) is 7.64. The van der Waals surface area contributed by atoms with Crippen LogP contribution in [0.5, 0.6) is 0 Å². The predicted octanol–water partition coefficient (Wildman–Crippen LogP) is 1.56. The SMILES string of the molecule is c1cc(CN2CCNCC2)cc(C2CCCNC2)c1. The molecule has 104 valence electrons. The van der Waals surface area contributed by atoms with Gasteiger partial charge in [0.1, 0.15) is 0 Å². The standard InChI is InChI=1S/C16H25N3/c1-3-14(13-19-9-7-17-8-10-19)11-15(4-1)16-5-2-6-18-12-16/h1,3-4,11,16-18H,2,5-10,12-13H2. The Morgan fingerprint density at radius 1 is 1.11 bits per heavy atom. The molecule has 0 aliphatic carbocycles. The first-order valence-corrected chi connectivity index (χ1v) is 7.64. The van der Waals surface area contributed by atoms with E-state index < -0.39 is 0 Å². The molecule has 2 saturated heterocycles. The van der Waals surface area contributed by atoms with E-state index in [1.807, 2.05) is 0 Å². The Morgan fingerprint density at radius 3 is 2.79 bits per heavy atom. The maximum Gasteiger partial charge on any atom is 0.0234 e. The van der Waals surface area contributed by atoms with Gasteiger partial charge >= 0.3 is 0 Å². The van der Waals surface area contributed by atoms with Gasteiger partial charge in [0.25, 0.3) is 0 Å². The topological polar surface area (TPSA) is 27.3 Å². The fraction of sp³-hybridized carbons (Fsp3) is 0.625. The van der Waals surface area contributed by atoms with Crippen LogP contribution < -0.4 is 10.6 Å². The van der Waals surface area contributed by atoms with Crippen LogP contribution in [-0.4, -0.2) is 44.2 Å². The van der Waals surface area contributed by atoms with Crippen molar-refractivity contribution in [1.29, 1.82) is 0 Å². The molecule has 0 bridgehead atoms. The quantitative estimate of drug-likeness (QED) is 0.862. The number of nitrogens with zero attached hydrogens (tertiary/aromatic N) is 1. The molecule has 2 aliphatic rings. The summed E-state index contributed by atoms with van der Waals surface area (Å²) in [6.45, 7) is 8.06. The Kier molecular flexibility index (Phi) is 4.49. The summed E-state index contributed by atoms with van der Waals surface area (Å²) in [5.41, 5.74) is 3.00. The third-order valence-electron chi connectivity index (χ3n) is 4.34. The number of hydrogen-bond acceptors (Lipinski definition) is 3. The van der Waals surface area contributed by atoms with Gasteiger partial charge in [-0.25, -0.2) is 0 Å². The molecular formula is C16H25N3. The van der Waals surface area contributed by atoms with E-state index in [-0.39, 0.29) is 0 Å². The second-order valence-corrected chi connectivity index (χ2v) is 5.81. The monoisotopic (exact) mass is 259 g/mol. The van der Waals surface area contributed by atoms with Crippen LogP contribution in [-0.2, 0) is 6.54 Å². The number of benzene rings is 1. The van der Waals surface area contributed by atoms with Crippen molar-refractivity contribution in [2.45, 2.75) is 25.3 Å². The zero-order valence-corrected chi connectivity index (χ0v) is 11.7. The van der Waals surface area contributed by atoms with Crippen molar-refractivity contribution in [2.24, 2.45) is 0 Å². The zero-order chi connectivity index (χ0) is 12.9. The number of piperazine rings is 1. The fourth-order valence-electron chi connectivity index (χ4n) is 3.21. The number of piperidine rings is 1. The van der Waals surface area contributed by atoms with Crippen LogP contribution in [0.3, 0.4) is 0 Å². The molecular weight excluding hydrogens is 234 g/mol. The Balaban J connectivity index is 1.64. The minimum absolute atomic E-state index is 0.719. The van der Waals surface area contributed by atoms with Gasteiger partial charge in [0, 0.05) is 39.3 Å². The Hall–Kier alpha value is -0.900. The fourth-order valence-corrected chi connectivity index (χ4v) is 3.21. The highest BCUT2D eigenvalue weighted by molar-refractivity contribution is 5.27. The van der Waals surface area contributed by atoms with E-state index in [9.17, 15) is 0 Å². The first kappa shape index (κ1) is 13.1. The van der Waals surface area contributed by atoms with Gasteiger partial charge in [0.05, 0.1) is 0 Å². The molecule has 3 heteroatoms. The minimum atomic E-state index is 0.719. The lowest BCUT2D eigenvalue weighted by atomic mass is 9.90. The van der Waals surface area contributed by atoms with E-state index in [1.54, 1.807) is 0 Å². The van der Waals surface area contributed by atoms with Crippen molar-refractivity contribution in [1.82, 2.24) is 15.5 Å². The van der Waals surface area contributed by atoms with Gasteiger partial charge in [0.2, 0.25) is 0 Å². The first-order chi connectivity index (χ1) is 9.42. The second kappa shape index (κ2) is 6.51. The Bertz CT molecular complexity index is 393. The molecule has 3 nitrogen and oxygen atoms in total. The summed E-state index contributed by atoms with van der Waals surface area (Å²) in [7, 11) is 0. The lowest BCUT2D eigenvalue weighted by Gasteiger charge is -2.28. The van der Waals surface area contributed by atoms with Gasteiger partial charge in [-0.2, -0.15) is 0 Å². The minimum Gasteiger partial charge on any atom is -0.316 e. The van der Waals surface area contributed by atoms with Crippen molar-refractivity contribution in [2.75, 3.05) is 39.3 Å². The third kappa shape index (κ3) is 3.56. The molecule has 19 heavy (non-hydrogen) atoms. The van der Waals surface area contributed by atoms with Crippen LogP contribution in [0.1, 0.15) is 29.9 Å². The van der Waals surface area contributed by atoms with Gasteiger partial charge in [-0.15, -0.1) is 0 Å². The van der Waals surface area contributed by atoms with Gasteiger partial charge in [-0.1, -0.05) is 24.3 Å². The van der Waals surface area contributed by atoms with E-state index in [2.05, 4.69) is 39.8 Å². The molecule has 0 aromatic heterocycles. The third-order valence-corrected chi connectivity index (χ3v) is 4.34. The van der Waals surface area contributed by atoms with Gasteiger partial charge in [-0.3, -0.25) is 4.90 Å². The highest BCUT2D eigenvalue weighted by atomic mass is 15.2. The molecule has 0 amide bonds. The average Bonchev–Trinajstić information content (AvgIpc) is 2.49. The van der Waals surface area contributed by atoms with Gasteiger partial charge < -0.3 is 10.6 Å². The highest BCUT2D eigenvalue weighted by Gasteiger charge is 2.16. The Labute approximate surface area is 116 Å². The molecule has 1 atom stereocenters. The summed E-state index contributed by atoms with van der Waals surface area (Å²) in [6.07, 6.45) is 2.65. The summed E-state index contributed by atoms with van der Waals surface area (Å²) in [5.74, 6) is 0.719. The van der Waals surface area contributed by atoms with Crippen LogP contribution in [0.2, 0.25) is 0 Å². The molecule has 1 aromatic carbocycles. The van der Waals surface area contributed by atoms with Crippen LogP contribution in [0, 0.1) is 0 Å². The summed E-state index contributed by atoms with van der Waals surface area (Å²) >= 11 is 0. The van der Waals surface area contributed by atoms with Gasteiger partial charge in [0.15, 0.2) is 0 Å². The lowest BCUT2D eigenvalue weighted by molar-refractivity contribution is 0.233. The van der Waals surface area contributed by atoms with Crippen LogP contribution in [0.15, 0.2) is 24.3 Å². The van der Waals surface area contributed by atoms with E-state index in [0.29, 0.717) is 0 Å². The number of hydrogen-bond donors (Lipinski definition) is 2. The largest absolute Gasteiger partial charge is 0.316 e. The molecule has 0 spiro atoms. The van der Waals surface area contributed by atoms with Crippen LogP contribution in [0.4, 0.5) is 0 Å². The maximum absolute atomic E-state index is 3.52. The van der Waals surface area contributed by atoms with E-state index in [4.69, 9.17) is 0 Å². The maximum atomic E-state index is 3.52. The summed E-state index contributed by atoms with van der Waals surface area (Å²) in [4.78, 5) is 2.55. The molecule has 1 aromatic rings. The molecule has 3 rings (SSSR count). The van der Waals surface area contributed by atoms with E-state index in [0.717, 1.165) is 32.1 Å². The average molecular weight is 259 g/mol. The lowest BCUT2D eigenvalue weighted by Crippen LogP contribution is -2.42. The molecule has 2 heterocycles. The molecule has 2 N–H and O–H groups in total. The zero-order valence-electron chi connectivity index (χ0n) is 11.7.